The summed E-state index contributed by atoms with van der Waals surface area (Å²) in [5.74, 6) is 1.18. The molecule has 0 radical (unpaired) electrons. The van der Waals surface area contributed by atoms with Crippen LogP contribution in [0.1, 0.15) is 70.1 Å². The third-order valence-corrected chi connectivity index (χ3v) is 6.14. The first kappa shape index (κ1) is 28.2. The van der Waals surface area contributed by atoms with Crippen LogP contribution in [0.5, 0.6) is 11.5 Å². The first-order valence-electron chi connectivity index (χ1n) is 13.0. The van der Waals surface area contributed by atoms with Crippen LogP contribution in [0.2, 0.25) is 0 Å². The molecule has 0 saturated heterocycles. The fourth-order valence-corrected chi connectivity index (χ4v) is 4.30. The molecule has 35 heavy (non-hydrogen) atoms. The molecule has 3 nitrogen and oxygen atoms in total. The fraction of sp³-hybridized carbons (Fsp3) is 0.375. The van der Waals surface area contributed by atoms with Crippen molar-refractivity contribution < 1.29 is 9.84 Å². The van der Waals surface area contributed by atoms with Crippen LogP contribution in [-0.4, -0.2) is 36.8 Å². The van der Waals surface area contributed by atoms with Gasteiger partial charge in [-0.05, 0) is 85.5 Å². The minimum atomic E-state index is 0.279. The minimum Gasteiger partial charge on any atom is -0.508 e. The van der Waals surface area contributed by atoms with Gasteiger partial charge in [-0.15, -0.1) is 0 Å². The molecule has 0 heterocycles. The van der Waals surface area contributed by atoms with Gasteiger partial charge in [0.15, 0.2) is 0 Å². The molecule has 0 bridgehead atoms. The van der Waals surface area contributed by atoms with E-state index in [0.29, 0.717) is 12.6 Å². The Hall–Kier alpha value is -3.04. The van der Waals surface area contributed by atoms with Gasteiger partial charge in [0.1, 0.15) is 11.5 Å². The normalized spacial score (nSPS) is 12.4. The molecule has 0 aliphatic rings. The van der Waals surface area contributed by atoms with Gasteiger partial charge in [0.25, 0.3) is 0 Å². The van der Waals surface area contributed by atoms with Crippen LogP contribution >= 0.6 is 0 Å². The lowest BCUT2D eigenvalue weighted by Crippen LogP contribution is -2.28. The van der Waals surface area contributed by atoms with Gasteiger partial charge in [-0.1, -0.05) is 88.7 Å². The highest BCUT2D eigenvalue weighted by molar-refractivity contribution is 5.98. The van der Waals surface area contributed by atoms with Crippen molar-refractivity contribution >= 4 is 11.1 Å². The highest BCUT2D eigenvalue weighted by Gasteiger charge is 2.14. The largest absolute Gasteiger partial charge is 0.508 e. The summed E-state index contributed by atoms with van der Waals surface area (Å²) in [5, 5.41) is 9.84. The number of hydrogen-bond acceptors (Lipinski definition) is 3. The summed E-state index contributed by atoms with van der Waals surface area (Å²) < 4.78 is 6.06. The average Bonchev–Trinajstić information content (AvgIpc) is 2.89. The Morgan fingerprint density at radius 1 is 0.800 bits per heavy atom. The first-order chi connectivity index (χ1) is 17.0. The molecule has 1 N–H and O–H groups in total. The smallest absolute Gasteiger partial charge is 0.119 e. The highest BCUT2D eigenvalue weighted by atomic mass is 16.5. The predicted molar refractivity (Wildman–Crippen MR) is 151 cm³/mol. The number of phenols is 1. The standard InChI is InChI=1S/C30H37NO2.C2H6/c1-5-10-29(23-11-8-7-9-12-23)30(24-13-17-27(32)18-14-24)25-15-19-28(20-16-25)33-22-21-26(6-2)31(3)4;1-2/h7-9,11-20,26,32H,5-6,10,21-22H2,1-4H3;1-2H3/b30-29-;. The van der Waals surface area contributed by atoms with Crippen molar-refractivity contribution in [2.24, 2.45) is 0 Å². The number of rotatable bonds is 11. The van der Waals surface area contributed by atoms with Crippen molar-refractivity contribution in [3.8, 4) is 11.5 Å². The second-order valence-corrected chi connectivity index (χ2v) is 8.70. The average molecular weight is 474 g/mol. The summed E-state index contributed by atoms with van der Waals surface area (Å²) in [6, 6.07) is 27.1. The van der Waals surface area contributed by atoms with E-state index in [1.54, 1.807) is 12.1 Å². The molecule has 0 aliphatic heterocycles. The Labute approximate surface area is 213 Å². The van der Waals surface area contributed by atoms with Crippen molar-refractivity contribution in [1.29, 1.82) is 0 Å². The van der Waals surface area contributed by atoms with E-state index < -0.39 is 0 Å². The highest BCUT2D eigenvalue weighted by Crippen LogP contribution is 2.36. The number of hydrogen-bond donors (Lipinski definition) is 1. The fourth-order valence-electron chi connectivity index (χ4n) is 4.30. The zero-order valence-corrected chi connectivity index (χ0v) is 22.4. The second kappa shape index (κ2) is 15.1. The number of phenolic OH excluding ortho intramolecular Hbond substituents is 1. The van der Waals surface area contributed by atoms with Crippen molar-refractivity contribution in [3.63, 3.8) is 0 Å². The van der Waals surface area contributed by atoms with Crippen LogP contribution in [0.25, 0.3) is 11.1 Å². The van der Waals surface area contributed by atoms with Crippen molar-refractivity contribution in [3.05, 3.63) is 95.6 Å². The summed E-state index contributed by atoms with van der Waals surface area (Å²) in [4.78, 5) is 2.26. The summed E-state index contributed by atoms with van der Waals surface area (Å²) in [6.07, 6.45) is 4.16. The van der Waals surface area contributed by atoms with Crippen LogP contribution in [-0.2, 0) is 0 Å². The molecule has 0 spiro atoms. The van der Waals surface area contributed by atoms with Crippen LogP contribution in [0.15, 0.2) is 78.9 Å². The van der Waals surface area contributed by atoms with Crippen molar-refractivity contribution in [2.45, 2.75) is 59.4 Å². The monoisotopic (exact) mass is 473 g/mol. The van der Waals surface area contributed by atoms with E-state index in [1.165, 1.54) is 16.7 Å². The minimum absolute atomic E-state index is 0.279. The van der Waals surface area contributed by atoms with Gasteiger partial charge in [-0.3, -0.25) is 0 Å². The zero-order chi connectivity index (χ0) is 25.6. The number of nitrogens with zero attached hydrogens (tertiary/aromatic N) is 1. The molecule has 3 rings (SSSR count). The zero-order valence-electron chi connectivity index (χ0n) is 22.4. The van der Waals surface area contributed by atoms with Gasteiger partial charge >= 0.3 is 0 Å². The quantitative estimate of drug-likeness (QED) is 0.284. The number of ether oxygens (including phenoxy) is 1. The van der Waals surface area contributed by atoms with E-state index in [9.17, 15) is 5.11 Å². The third-order valence-electron chi connectivity index (χ3n) is 6.14. The van der Waals surface area contributed by atoms with Gasteiger partial charge in [0.05, 0.1) is 6.61 Å². The molecule has 1 unspecified atom stereocenters. The summed E-state index contributed by atoms with van der Waals surface area (Å²) >= 11 is 0. The first-order valence-corrected chi connectivity index (χ1v) is 13.0. The van der Waals surface area contributed by atoms with Crippen LogP contribution < -0.4 is 4.74 Å². The molecule has 0 amide bonds. The third kappa shape index (κ3) is 8.29. The second-order valence-electron chi connectivity index (χ2n) is 8.70. The van der Waals surface area contributed by atoms with E-state index in [4.69, 9.17) is 4.74 Å². The van der Waals surface area contributed by atoms with E-state index in [0.717, 1.165) is 42.6 Å². The van der Waals surface area contributed by atoms with E-state index in [1.807, 2.05) is 26.0 Å². The molecule has 0 aliphatic carbocycles. The van der Waals surface area contributed by atoms with Crippen molar-refractivity contribution in [1.82, 2.24) is 4.90 Å². The Morgan fingerprint density at radius 2 is 1.37 bits per heavy atom. The molecule has 3 aromatic carbocycles. The lowest BCUT2D eigenvalue weighted by molar-refractivity contribution is 0.217. The molecular formula is C32H43NO2. The molecular weight excluding hydrogens is 430 g/mol. The molecule has 188 valence electrons. The Bertz CT molecular complexity index is 1010. The molecule has 3 heteroatoms. The maximum Gasteiger partial charge on any atom is 0.119 e. The van der Waals surface area contributed by atoms with Gasteiger partial charge in [0.2, 0.25) is 0 Å². The number of allylic oxidation sites excluding steroid dienone is 1. The van der Waals surface area contributed by atoms with Crippen LogP contribution in [0.4, 0.5) is 0 Å². The van der Waals surface area contributed by atoms with Crippen molar-refractivity contribution in [2.75, 3.05) is 20.7 Å². The molecule has 0 aromatic heterocycles. The Morgan fingerprint density at radius 3 is 1.89 bits per heavy atom. The summed E-state index contributed by atoms with van der Waals surface area (Å²) in [6.45, 7) is 9.14. The van der Waals surface area contributed by atoms with Gasteiger partial charge in [-0.2, -0.15) is 0 Å². The van der Waals surface area contributed by atoms with Crippen LogP contribution in [0.3, 0.4) is 0 Å². The number of benzene rings is 3. The Balaban J connectivity index is 0.00000210. The van der Waals surface area contributed by atoms with Crippen LogP contribution in [0, 0.1) is 0 Å². The Kier molecular flexibility index (Phi) is 12.1. The SMILES string of the molecule is CC.CCC/C(=C(\c1ccc(O)cc1)c1ccc(OCCC(CC)N(C)C)cc1)c1ccccc1. The lowest BCUT2D eigenvalue weighted by Gasteiger charge is -2.22. The van der Waals surface area contributed by atoms with E-state index in [2.05, 4.69) is 87.4 Å². The van der Waals surface area contributed by atoms with Gasteiger partial charge < -0.3 is 14.7 Å². The summed E-state index contributed by atoms with van der Waals surface area (Å²) in [7, 11) is 4.25. The lowest BCUT2D eigenvalue weighted by atomic mass is 9.87. The number of aromatic hydroxyl groups is 1. The molecule has 0 saturated carbocycles. The van der Waals surface area contributed by atoms with E-state index >= 15 is 0 Å². The molecule has 0 fully saturated rings. The maximum absolute atomic E-state index is 9.84. The van der Waals surface area contributed by atoms with Gasteiger partial charge in [0, 0.05) is 6.04 Å². The molecule has 1 atom stereocenters. The summed E-state index contributed by atoms with van der Waals surface area (Å²) in [5.41, 5.74) is 6.00. The molecule has 3 aromatic rings. The van der Waals surface area contributed by atoms with E-state index in [-0.39, 0.29) is 5.75 Å². The maximum atomic E-state index is 9.84. The van der Waals surface area contributed by atoms with Gasteiger partial charge in [-0.25, -0.2) is 0 Å². The predicted octanol–water partition coefficient (Wildman–Crippen LogP) is 8.29. The topological polar surface area (TPSA) is 32.7 Å².